The minimum atomic E-state index is -1.71. The standard InChI is InChI=1S/C12H16N4O3/c1-3-4-7-11(2,19)16-10(18)12(7)6(5-13)8(14)15-9(12)17/h7,19H,3-4,14H2,1-2H3,(H,15,17)(H,16,18)/t7-,11+,12-/m1/s1. The number of carbonyl (C=O) groups excluding carboxylic acids is 2. The molecule has 0 aliphatic carbocycles. The Labute approximate surface area is 110 Å². The Morgan fingerprint density at radius 3 is 2.63 bits per heavy atom. The third kappa shape index (κ3) is 1.47. The third-order valence-corrected chi connectivity index (χ3v) is 3.89. The average molecular weight is 264 g/mol. The number of rotatable bonds is 2. The summed E-state index contributed by atoms with van der Waals surface area (Å²) in [5, 5.41) is 24.2. The van der Waals surface area contributed by atoms with Crippen LogP contribution in [0.3, 0.4) is 0 Å². The molecule has 2 aliphatic heterocycles. The van der Waals surface area contributed by atoms with Crippen molar-refractivity contribution < 1.29 is 14.7 Å². The molecule has 102 valence electrons. The largest absolute Gasteiger partial charge is 0.384 e. The maximum Gasteiger partial charge on any atom is 0.247 e. The van der Waals surface area contributed by atoms with Gasteiger partial charge in [-0.3, -0.25) is 9.59 Å². The van der Waals surface area contributed by atoms with Crippen molar-refractivity contribution in [2.45, 2.75) is 32.4 Å². The molecule has 0 aromatic heterocycles. The molecule has 0 bridgehead atoms. The van der Waals surface area contributed by atoms with Gasteiger partial charge in [0.2, 0.25) is 11.8 Å². The molecule has 0 radical (unpaired) electrons. The third-order valence-electron chi connectivity index (χ3n) is 3.89. The summed E-state index contributed by atoms with van der Waals surface area (Å²) in [7, 11) is 0. The summed E-state index contributed by atoms with van der Waals surface area (Å²) in [5.41, 5.74) is 2.25. The van der Waals surface area contributed by atoms with Crippen LogP contribution in [0, 0.1) is 22.7 Å². The molecule has 5 N–H and O–H groups in total. The van der Waals surface area contributed by atoms with Crippen LogP contribution in [-0.4, -0.2) is 22.6 Å². The van der Waals surface area contributed by atoms with E-state index in [9.17, 15) is 20.0 Å². The molecule has 2 heterocycles. The highest BCUT2D eigenvalue weighted by Gasteiger charge is 2.68. The van der Waals surface area contributed by atoms with Gasteiger partial charge in [0, 0.05) is 5.92 Å². The van der Waals surface area contributed by atoms with E-state index in [1.165, 1.54) is 6.92 Å². The molecule has 1 spiro atoms. The first-order chi connectivity index (χ1) is 8.82. The monoisotopic (exact) mass is 264 g/mol. The number of nitrogens with one attached hydrogen (secondary N) is 2. The van der Waals surface area contributed by atoms with Gasteiger partial charge in [-0.2, -0.15) is 5.26 Å². The van der Waals surface area contributed by atoms with Crippen LogP contribution in [0.1, 0.15) is 26.7 Å². The predicted octanol–water partition coefficient (Wildman–Crippen LogP) is -0.949. The molecule has 1 fully saturated rings. The zero-order valence-electron chi connectivity index (χ0n) is 10.8. The lowest BCUT2D eigenvalue weighted by molar-refractivity contribution is -0.138. The van der Waals surface area contributed by atoms with Crippen LogP contribution in [0.25, 0.3) is 0 Å². The van der Waals surface area contributed by atoms with Crippen LogP contribution >= 0.6 is 0 Å². The summed E-state index contributed by atoms with van der Waals surface area (Å²) in [4.78, 5) is 24.5. The van der Waals surface area contributed by atoms with Gasteiger partial charge in [0.05, 0.1) is 5.57 Å². The zero-order valence-corrected chi connectivity index (χ0v) is 10.8. The van der Waals surface area contributed by atoms with E-state index in [0.717, 1.165) is 0 Å². The Bertz CT molecular complexity index is 532. The second kappa shape index (κ2) is 3.96. The first kappa shape index (κ1) is 13.4. The van der Waals surface area contributed by atoms with Crippen molar-refractivity contribution in [3.05, 3.63) is 11.4 Å². The maximum atomic E-state index is 12.3. The van der Waals surface area contributed by atoms with Crippen LogP contribution in [0.2, 0.25) is 0 Å². The number of nitrogens with zero attached hydrogens (tertiary/aromatic N) is 1. The Morgan fingerprint density at radius 1 is 1.47 bits per heavy atom. The smallest absolute Gasteiger partial charge is 0.247 e. The van der Waals surface area contributed by atoms with E-state index in [-0.39, 0.29) is 11.4 Å². The number of nitriles is 1. The molecule has 1 saturated heterocycles. The Morgan fingerprint density at radius 2 is 2.11 bits per heavy atom. The van der Waals surface area contributed by atoms with Crippen molar-refractivity contribution in [3.8, 4) is 6.07 Å². The van der Waals surface area contributed by atoms with E-state index in [1.807, 2.05) is 13.0 Å². The van der Waals surface area contributed by atoms with Crippen molar-refractivity contribution in [1.29, 1.82) is 5.26 Å². The topological polar surface area (TPSA) is 128 Å². The second-order valence-corrected chi connectivity index (χ2v) is 5.11. The predicted molar refractivity (Wildman–Crippen MR) is 64.6 cm³/mol. The fourth-order valence-electron chi connectivity index (χ4n) is 3.09. The lowest BCUT2D eigenvalue weighted by Gasteiger charge is -2.31. The van der Waals surface area contributed by atoms with Crippen LogP contribution in [0.5, 0.6) is 0 Å². The number of nitrogens with two attached hydrogens (primary N) is 1. The van der Waals surface area contributed by atoms with E-state index >= 15 is 0 Å². The molecule has 7 nitrogen and oxygen atoms in total. The SMILES string of the molecule is CCC[C@H]1[C@]2(C(=O)NC(N)=C2C#N)C(=O)N[C@@]1(C)O. The molecule has 2 aliphatic rings. The normalized spacial score (nSPS) is 37.5. The summed E-state index contributed by atoms with van der Waals surface area (Å²) in [6, 6.07) is 1.83. The first-order valence-corrected chi connectivity index (χ1v) is 6.09. The number of hydrogen-bond acceptors (Lipinski definition) is 5. The summed E-state index contributed by atoms with van der Waals surface area (Å²) >= 11 is 0. The lowest BCUT2D eigenvalue weighted by Crippen LogP contribution is -2.46. The van der Waals surface area contributed by atoms with Crippen molar-refractivity contribution in [1.82, 2.24) is 10.6 Å². The Balaban J connectivity index is 2.66. The Hall–Kier alpha value is -2.07. The molecule has 3 atom stereocenters. The van der Waals surface area contributed by atoms with Crippen LogP contribution in [0.15, 0.2) is 11.4 Å². The number of carbonyl (C=O) groups is 2. The number of aliphatic hydroxyl groups is 1. The van der Waals surface area contributed by atoms with Gasteiger partial charge in [-0.1, -0.05) is 13.3 Å². The highest BCUT2D eigenvalue weighted by atomic mass is 16.3. The molecule has 2 rings (SSSR count). The van der Waals surface area contributed by atoms with E-state index in [4.69, 9.17) is 5.73 Å². The van der Waals surface area contributed by atoms with Gasteiger partial charge in [0.15, 0.2) is 5.41 Å². The number of hydrogen-bond donors (Lipinski definition) is 4. The summed E-state index contributed by atoms with van der Waals surface area (Å²) in [5.74, 6) is -2.16. The van der Waals surface area contributed by atoms with Crippen molar-refractivity contribution in [3.63, 3.8) is 0 Å². The van der Waals surface area contributed by atoms with Gasteiger partial charge in [-0.05, 0) is 13.3 Å². The van der Waals surface area contributed by atoms with E-state index in [1.54, 1.807) is 0 Å². The van der Waals surface area contributed by atoms with Crippen LogP contribution < -0.4 is 16.4 Å². The molecule has 2 amide bonds. The average Bonchev–Trinajstić information content (AvgIpc) is 2.66. The van der Waals surface area contributed by atoms with E-state index in [2.05, 4.69) is 10.6 Å². The summed E-state index contributed by atoms with van der Waals surface area (Å²) in [6.07, 6.45) is 1.07. The quantitative estimate of drug-likeness (QED) is 0.478. The fourth-order valence-corrected chi connectivity index (χ4v) is 3.09. The van der Waals surface area contributed by atoms with Gasteiger partial charge in [-0.15, -0.1) is 0 Å². The van der Waals surface area contributed by atoms with Gasteiger partial charge >= 0.3 is 0 Å². The molecule has 7 heteroatoms. The molecule has 0 saturated carbocycles. The maximum absolute atomic E-state index is 12.3. The molecule has 0 unspecified atom stereocenters. The minimum Gasteiger partial charge on any atom is -0.384 e. The Kier molecular flexibility index (Phi) is 2.79. The van der Waals surface area contributed by atoms with Crippen molar-refractivity contribution in [2.24, 2.45) is 17.1 Å². The fraction of sp³-hybridized carbons (Fsp3) is 0.583. The van der Waals surface area contributed by atoms with Crippen molar-refractivity contribution >= 4 is 11.8 Å². The molecule has 0 aromatic carbocycles. The molecular formula is C12H16N4O3. The second-order valence-electron chi connectivity index (χ2n) is 5.11. The van der Waals surface area contributed by atoms with Crippen LogP contribution in [-0.2, 0) is 9.59 Å². The summed E-state index contributed by atoms with van der Waals surface area (Å²) in [6.45, 7) is 3.30. The van der Waals surface area contributed by atoms with E-state index in [0.29, 0.717) is 12.8 Å². The van der Waals surface area contributed by atoms with Gasteiger partial charge in [0.1, 0.15) is 17.6 Å². The molecular weight excluding hydrogens is 248 g/mol. The van der Waals surface area contributed by atoms with Crippen LogP contribution in [0.4, 0.5) is 0 Å². The molecule has 19 heavy (non-hydrogen) atoms. The van der Waals surface area contributed by atoms with Gasteiger partial charge < -0.3 is 21.5 Å². The highest BCUT2D eigenvalue weighted by Crippen LogP contribution is 2.50. The minimum absolute atomic E-state index is 0.105. The van der Waals surface area contributed by atoms with Gasteiger partial charge in [0.25, 0.3) is 0 Å². The summed E-state index contributed by atoms with van der Waals surface area (Å²) < 4.78 is 0. The van der Waals surface area contributed by atoms with Gasteiger partial charge in [-0.25, -0.2) is 0 Å². The number of amides is 2. The lowest BCUT2D eigenvalue weighted by atomic mass is 9.68. The highest BCUT2D eigenvalue weighted by molar-refractivity contribution is 6.13. The van der Waals surface area contributed by atoms with Crippen molar-refractivity contribution in [2.75, 3.05) is 0 Å². The first-order valence-electron chi connectivity index (χ1n) is 6.09. The molecule has 0 aromatic rings. The van der Waals surface area contributed by atoms with E-state index < -0.39 is 28.9 Å². The zero-order chi connectivity index (χ0) is 14.4.